The second-order valence-electron chi connectivity index (χ2n) is 6.98. The van der Waals surface area contributed by atoms with Crippen molar-refractivity contribution in [2.75, 3.05) is 19.5 Å². The molecular formula is C22H30N4O2. The normalized spacial score (nSPS) is 11.2. The highest BCUT2D eigenvalue weighted by atomic mass is 16.5. The Morgan fingerprint density at radius 3 is 2.29 bits per heavy atom. The van der Waals surface area contributed by atoms with Gasteiger partial charge in [0.15, 0.2) is 5.96 Å². The van der Waals surface area contributed by atoms with Crippen LogP contribution in [0.3, 0.4) is 0 Å². The van der Waals surface area contributed by atoms with Crippen molar-refractivity contribution in [1.82, 2.24) is 10.6 Å². The molecule has 0 saturated carbocycles. The van der Waals surface area contributed by atoms with Crippen LogP contribution in [0.5, 0.6) is 5.75 Å². The van der Waals surface area contributed by atoms with Gasteiger partial charge in [-0.15, -0.1) is 0 Å². The largest absolute Gasteiger partial charge is 0.497 e. The lowest BCUT2D eigenvalue weighted by Gasteiger charge is -2.13. The highest BCUT2D eigenvalue weighted by molar-refractivity contribution is 5.90. The number of methoxy groups -OCH3 is 1. The Labute approximate surface area is 167 Å². The van der Waals surface area contributed by atoms with E-state index < -0.39 is 0 Å². The van der Waals surface area contributed by atoms with Gasteiger partial charge in [-0.3, -0.25) is 9.79 Å². The number of nitrogens with zero attached hydrogens (tertiary/aromatic N) is 1. The topological polar surface area (TPSA) is 74.8 Å². The third-order valence-electron chi connectivity index (χ3n) is 4.08. The fraction of sp³-hybridized carbons (Fsp3) is 0.364. The number of guanidine groups is 1. The Balaban J connectivity index is 1.87. The molecule has 0 aliphatic rings. The molecule has 0 aliphatic heterocycles. The van der Waals surface area contributed by atoms with Crippen molar-refractivity contribution in [1.29, 1.82) is 0 Å². The van der Waals surface area contributed by atoms with E-state index in [1.54, 1.807) is 14.2 Å². The first-order valence-corrected chi connectivity index (χ1v) is 9.46. The Bertz CT molecular complexity index is 803. The Morgan fingerprint density at radius 1 is 1.04 bits per heavy atom. The van der Waals surface area contributed by atoms with Gasteiger partial charge in [-0.1, -0.05) is 38.1 Å². The maximum atomic E-state index is 11.9. The van der Waals surface area contributed by atoms with Gasteiger partial charge >= 0.3 is 0 Å². The lowest BCUT2D eigenvalue weighted by molar-refractivity contribution is -0.116. The first-order chi connectivity index (χ1) is 13.5. The summed E-state index contributed by atoms with van der Waals surface area (Å²) in [6.45, 7) is 5.31. The lowest BCUT2D eigenvalue weighted by atomic mass is 10.1. The Hall–Kier alpha value is -3.02. The van der Waals surface area contributed by atoms with Gasteiger partial charge in [-0.25, -0.2) is 0 Å². The zero-order chi connectivity index (χ0) is 20.4. The molecule has 0 bridgehead atoms. The van der Waals surface area contributed by atoms with Crippen molar-refractivity contribution < 1.29 is 9.53 Å². The van der Waals surface area contributed by atoms with Crippen molar-refractivity contribution in [3.63, 3.8) is 0 Å². The number of nitrogens with one attached hydrogen (secondary N) is 3. The summed E-state index contributed by atoms with van der Waals surface area (Å²) < 4.78 is 5.25. The molecule has 1 amide bonds. The lowest BCUT2D eigenvalue weighted by Crippen LogP contribution is -2.36. The van der Waals surface area contributed by atoms with Crippen LogP contribution in [-0.4, -0.2) is 26.0 Å². The molecule has 150 valence electrons. The number of rotatable bonds is 8. The van der Waals surface area contributed by atoms with Crippen molar-refractivity contribution in [2.45, 2.75) is 33.4 Å². The molecule has 0 radical (unpaired) electrons. The quantitative estimate of drug-likeness (QED) is 0.482. The van der Waals surface area contributed by atoms with Gasteiger partial charge in [0, 0.05) is 32.2 Å². The molecule has 3 N–H and O–H groups in total. The van der Waals surface area contributed by atoms with Crippen LogP contribution >= 0.6 is 0 Å². The van der Waals surface area contributed by atoms with Crippen molar-refractivity contribution in [2.24, 2.45) is 10.9 Å². The third-order valence-corrected chi connectivity index (χ3v) is 4.08. The van der Waals surface area contributed by atoms with E-state index in [9.17, 15) is 4.79 Å². The van der Waals surface area contributed by atoms with Crippen LogP contribution in [0.4, 0.5) is 5.69 Å². The van der Waals surface area contributed by atoms with E-state index in [4.69, 9.17) is 4.74 Å². The highest BCUT2D eigenvalue weighted by Crippen LogP contribution is 2.13. The van der Waals surface area contributed by atoms with Gasteiger partial charge < -0.3 is 20.7 Å². The number of benzene rings is 2. The standard InChI is InChI=1S/C22H30N4O2/c1-16(2)11-21(27)26-19-9-5-7-17(12-19)14-24-22(23-3)25-15-18-8-6-10-20(13-18)28-4/h5-10,12-13,16H,11,14-15H2,1-4H3,(H,26,27)(H2,23,24,25). The molecule has 0 aromatic heterocycles. The van der Waals surface area contributed by atoms with Gasteiger partial charge in [-0.2, -0.15) is 0 Å². The number of aliphatic imine (C=N–C) groups is 1. The number of hydrogen-bond acceptors (Lipinski definition) is 3. The van der Waals surface area contributed by atoms with Gasteiger partial charge in [0.25, 0.3) is 0 Å². The molecule has 0 fully saturated rings. The second-order valence-corrected chi connectivity index (χ2v) is 6.98. The number of amides is 1. The van der Waals surface area contributed by atoms with E-state index in [-0.39, 0.29) is 5.91 Å². The molecule has 0 aliphatic carbocycles. The monoisotopic (exact) mass is 382 g/mol. The Kier molecular flexibility index (Phi) is 8.34. The van der Waals surface area contributed by atoms with E-state index in [2.05, 4.69) is 20.9 Å². The third kappa shape index (κ3) is 7.31. The second kappa shape index (κ2) is 11.0. The van der Waals surface area contributed by atoms with Gasteiger partial charge in [0.1, 0.15) is 5.75 Å². The minimum Gasteiger partial charge on any atom is -0.497 e. The van der Waals surface area contributed by atoms with E-state index >= 15 is 0 Å². The van der Waals surface area contributed by atoms with E-state index in [0.717, 1.165) is 22.6 Å². The summed E-state index contributed by atoms with van der Waals surface area (Å²) in [5, 5.41) is 9.53. The molecular weight excluding hydrogens is 352 g/mol. The maximum Gasteiger partial charge on any atom is 0.224 e. The van der Waals surface area contributed by atoms with Crippen LogP contribution in [0.1, 0.15) is 31.4 Å². The summed E-state index contributed by atoms with van der Waals surface area (Å²) in [6.07, 6.45) is 0.517. The number of hydrogen-bond donors (Lipinski definition) is 3. The zero-order valence-electron chi connectivity index (χ0n) is 17.1. The molecule has 0 atom stereocenters. The molecule has 2 aromatic rings. The molecule has 0 spiro atoms. The number of anilines is 1. The average molecular weight is 383 g/mol. The fourth-order valence-corrected chi connectivity index (χ4v) is 2.72. The minimum atomic E-state index is 0.0378. The van der Waals surface area contributed by atoms with Gasteiger partial charge in [0.05, 0.1) is 7.11 Å². The van der Waals surface area contributed by atoms with E-state index in [1.807, 2.05) is 62.4 Å². The first kappa shape index (κ1) is 21.3. The highest BCUT2D eigenvalue weighted by Gasteiger charge is 2.06. The molecule has 0 heterocycles. The molecule has 6 nitrogen and oxygen atoms in total. The van der Waals surface area contributed by atoms with Crippen molar-refractivity contribution in [3.05, 3.63) is 59.7 Å². The summed E-state index contributed by atoms with van der Waals surface area (Å²) in [4.78, 5) is 16.2. The van der Waals surface area contributed by atoms with Crippen LogP contribution in [0.15, 0.2) is 53.5 Å². The van der Waals surface area contributed by atoms with Crippen LogP contribution < -0.4 is 20.7 Å². The van der Waals surface area contributed by atoms with Gasteiger partial charge in [0.2, 0.25) is 5.91 Å². The number of ether oxygens (including phenoxy) is 1. The smallest absolute Gasteiger partial charge is 0.224 e. The number of carbonyl (C=O) groups is 1. The fourth-order valence-electron chi connectivity index (χ4n) is 2.72. The summed E-state index contributed by atoms with van der Waals surface area (Å²) in [5.74, 6) is 1.91. The van der Waals surface area contributed by atoms with Crippen LogP contribution in [-0.2, 0) is 17.9 Å². The van der Waals surface area contributed by atoms with Crippen LogP contribution in [0, 0.1) is 5.92 Å². The molecule has 0 saturated heterocycles. The van der Waals surface area contributed by atoms with Crippen molar-refractivity contribution >= 4 is 17.6 Å². The van der Waals surface area contributed by atoms with Gasteiger partial charge in [-0.05, 0) is 41.3 Å². The first-order valence-electron chi connectivity index (χ1n) is 9.46. The molecule has 2 rings (SSSR count). The predicted octanol–water partition coefficient (Wildman–Crippen LogP) is 3.55. The molecule has 0 unspecified atom stereocenters. The van der Waals surface area contributed by atoms with Crippen LogP contribution in [0.25, 0.3) is 0 Å². The average Bonchev–Trinajstić information content (AvgIpc) is 2.68. The summed E-state index contributed by atoms with van der Waals surface area (Å²) >= 11 is 0. The van der Waals surface area contributed by atoms with E-state index in [0.29, 0.717) is 31.4 Å². The molecule has 6 heteroatoms. The summed E-state index contributed by atoms with van der Waals surface area (Å²) in [6, 6.07) is 15.7. The van der Waals surface area contributed by atoms with E-state index in [1.165, 1.54) is 0 Å². The molecule has 2 aromatic carbocycles. The molecule has 28 heavy (non-hydrogen) atoms. The predicted molar refractivity (Wildman–Crippen MR) is 115 cm³/mol. The number of carbonyl (C=O) groups excluding carboxylic acids is 1. The SMILES string of the molecule is CN=C(NCc1cccc(NC(=O)CC(C)C)c1)NCc1cccc(OC)c1. The minimum absolute atomic E-state index is 0.0378. The Morgan fingerprint density at radius 2 is 1.68 bits per heavy atom. The van der Waals surface area contributed by atoms with Crippen molar-refractivity contribution in [3.8, 4) is 5.75 Å². The van der Waals surface area contributed by atoms with Crippen LogP contribution in [0.2, 0.25) is 0 Å². The maximum absolute atomic E-state index is 11.9. The summed E-state index contributed by atoms with van der Waals surface area (Å²) in [7, 11) is 3.40. The summed E-state index contributed by atoms with van der Waals surface area (Å²) in [5.41, 5.74) is 2.98. The zero-order valence-corrected chi connectivity index (χ0v) is 17.1.